The second-order valence-electron chi connectivity index (χ2n) is 7.36. The Balaban J connectivity index is 1.73. The van der Waals surface area contributed by atoms with Crippen LogP contribution in [0.2, 0.25) is 5.02 Å². The number of hydrogen-bond acceptors (Lipinski definition) is 4. The molecule has 0 aliphatic carbocycles. The molecule has 0 fully saturated rings. The summed E-state index contributed by atoms with van der Waals surface area (Å²) in [7, 11) is 1.61. The summed E-state index contributed by atoms with van der Waals surface area (Å²) in [5.74, 6) is 1.18. The highest BCUT2D eigenvalue weighted by Crippen LogP contribution is 2.38. The Morgan fingerprint density at radius 3 is 2.47 bits per heavy atom. The molecular formula is C26H19ClN2O3. The number of rotatable bonds is 6. The highest BCUT2D eigenvalue weighted by molar-refractivity contribution is 6.30. The first-order chi connectivity index (χ1) is 15.7. The fourth-order valence-corrected chi connectivity index (χ4v) is 4.02. The monoisotopic (exact) mass is 442 g/mol. The van der Waals surface area contributed by atoms with Gasteiger partial charge in [0.05, 0.1) is 29.2 Å². The topological polar surface area (TPSA) is 64.2 Å². The third kappa shape index (κ3) is 3.62. The van der Waals surface area contributed by atoms with E-state index in [9.17, 15) is 4.79 Å². The van der Waals surface area contributed by atoms with Crippen LogP contribution in [0.15, 0.2) is 79.0 Å². The van der Waals surface area contributed by atoms with Gasteiger partial charge in [0, 0.05) is 28.6 Å². The smallest absolute Gasteiger partial charge is 0.211 e. The number of methoxy groups -OCH3 is 1. The Labute approximate surface area is 189 Å². The Morgan fingerprint density at radius 2 is 1.72 bits per heavy atom. The number of H-pyrrole nitrogens is 1. The van der Waals surface area contributed by atoms with Gasteiger partial charge in [0.1, 0.15) is 17.2 Å². The summed E-state index contributed by atoms with van der Waals surface area (Å²) >= 11 is 6.01. The van der Waals surface area contributed by atoms with E-state index in [0.29, 0.717) is 27.8 Å². The molecule has 6 heteroatoms. The van der Waals surface area contributed by atoms with E-state index in [-0.39, 0.29) is 12.4 Å². The number of nitrogens with one attached hydrogen (secondary N) is 1. The van der Waals surface area contributed by atoms with Crippen molar-refractivity contribution in [3.63, 3.8) is 0 Å². The highest BCUT2D eigenvalue weighted by atomic mass is 35.5. The number of ether oxygens (including phenoxy) is 2. The summed E-state index contributed by atoms with van der Waals surface area (Å²) in [6.45, 7) is 0.237. The molecule has 0 spiro atoms. The lowest BCUT2D eigenvalue weighted by Crippen LogP contribution is -2.09. The van der Waals surface area contributed by atoms with Crippen molar-refractivity contribution in [3.05, 3.63) is 101 Å². The van der Waals surface area contributed by atoms with Gasteiger partial charge < -0.3 is 14.5 Å². The van der Waals surface area contributed by atoms with E-state index in [0.717, 1.165) is 27.4 Å². The lowest BCUT2D eigenvalue weighted by atomic mass is 9.99. The van der Waals surface area contributed by atoms with Gasteiger partial charge in [-0.15, -0.1) is 0 Å². The number of hydrogen-bond donors (Lipinski definition) is 1. The van der Waals surface area contributed by atoms with Crippen molar-refractivity contribution < 1.29 is 14.3 Å². The van der Waals surface area contributed by atoms with Gasteiger partial charge in [-0.3, -0.25) is 9.78 Å². The molecule has 0 radical (unpaired) electrons. The van der Waals surface area contributed by atoms with Gasteiger partial charge in [-0.05, 0) is 36.4 Å². The first-order valence-corrected chi connectivity index (χ1v) is 10.5. The van der Waals surface area contributed by atoms with E-state index in [4.69, 9.17) is 21.1 Å². The number of carbonyl (C=O) groups excluding carboxylic acids is 1. The molecule has 5 nitrogen and oxygen atoms in total. The average molecular weight is 443 g/mol. The van der Waals surface area contributed by atoms with Crippen LogP contribution in [0.1, 0.15) is 21.6 Å². The number of benzene rings is 3. The van der Waals surface area contributed by atoms with Crippen molar-refractivity contribution in [3.8, 4) is 11.5 Å². The summed E-state index contributed by atoms with van der Waals surface area (Å²) in [5.41, 5.74) is 3.36. The quantitative estimate of drug-likeness (QED) is 0.303. The number of ketones is 1. The van der Waals surface area contributed by atoms with Crippen LogP contribution in [0.5, 0.6) is 11.5 Å². The van der Waals surface area contributed by atoms with E-state index >= 15 is 0 Å². The van der Waals surface area contributed by atoms with Gasteiger partial charge in [0.2, 0.25) is 5.78 Å². The van der Waals surface area contributed by atoms with E-state index in [1.807, 2.05) is 48.5 Å². The van der Waals surface area contributed by atoms with Crippen LogP contribution >= 0.6 is 11.6 Å². The average Bonchev–Trinajstić information content (AvgIpc) is 3.21. The van der Waals surface area contributed by atoms with Crippen LogP contribution in [-0.4, -0.2) is 22.9 Å². The van der Waals surface area contributed by atoms with Crippen molar-refractivity contribution in [1.29, 1.82) is 0 Å². The number of nitrogens with zero attached hydrogens (tertiary/aromatic N) is 1. The molecule has 1 N–H and O–H groups in total. The van der Waals surface area contributed by atoms with Crippen molar-refractivity contribution in [2.24, 2.45) is 0 Å². The molecule has 158 valence electrons. The van der Waals surface area contributed by atoms with Crippen molar-refractivity contribution >= 4 is 39.2 Å². The zero-order chi connectivity index (χ0) is 22.1. The van der Waals surface area contributed by atoms with E-state index in [1.165, 1.54) is 0 Å². The van der Waals surface area contributed by atoms with Gasteiger partial charge in [-0.1, -0.05) is 48.0 Å². The molecule has 0 aliphatic rings. The van der Waals surface area contributed by atoms with Crippen LogP contribution in [0.4, 0.5) is 0 Å². The summed E-state index contributed by atoms with van der Waals surface area (Å²) in [5, 5.41) is 2.37. The van der Waals surface area contributed by atoms with Gasteiger partial charge >= 0.3 is 0 Å². The summed E-state index contributed by atoms with van der Waals surface area (Å²) in [4.78, 5) is 21.2. The SMILES string of the molecule is COCc1c(C(=O)c2ccccc2)ncc2[nH]c3cccc(Oc4ccc(Cl)cc4)c3c12. The largest absolute Gasteiger partial charge is 0.457 e. The zero-order valence-electron chi connectivity index (χ0n) is 17.3. The normalized spacial score (nSPS) is 11.2. The molecule has 5 aromatic rings. The molecule has 0 unspecified atom stereocenters. The van der Waals surface area contributed by atoms with E-state index < -0.39 is 0 Å². The number of halogens is 1. The van der Waals surface area contributed by atoms with Crippen LogP contribution in [0.3, 0.4) is 0 Å². The lowest BCUT2D eigenvalue weighted by molar-refractivity contribution is 0.102. The summed E-state index contributed by atoms with van der Waals surface area (Å²) < 4.78 is 11.7. The maximum Gasteiger partial charge on any atom is 0.211 e. The van der Waals surface area contributed by atoms with Crippen LogP contribution in [-0.2, 0) is 11.3 Å². The van der Waals surface area contributed by atoms with Crippen molar-refractivity contribution in [2.45, 2.75) is 6.61 Å². The molecule has 0 atom stereocenters. The number of aromatic amines is 1. The van der Waals surface area contributed by atoms with E-state index in [2.05, 4.69) is 9.97 Å². The Kier molecular flexibility index (Phi) is 5.35. The Morgan fingerprint density at radius 1 is 0.938 bits per heavy atom. The Hall–Kier alpha value is -3.67. The maximum atomic E-state index is 13.3. The molecule has 0 saturated heterocycles. The van der Waals surface area contributed by atoms with Crippen molar-refractivity contribution in [1.82, 2.24) is 9.97 Å². The number of carbonyl (C=O) groups is 1. The molecule has 0 bridgehead atoms. The summed E-state index contributed by atoms with van der Waals surface area (Å²) in [6.07, 6.45) is 1.69. The predicted octanol–water partition coefficient (Wildman–Crippen LogP) is 6.54. The lowest BCUT2D eigenvalue weighted by Gasteiger charge is -2.11. The number of fused-ring (bicyclic) bond motifs is 3. The van der Waals surface area contributed by atoms with Gasteiger partial charge in [-0.2, -0.15) is 0 Å². The van der Waals surface area contributed by atoms with Crippen LogP contribution in [0.25, 0.3) is 21.8 Å². The minimum absolute atomic E-state index is 0.148. The van der Waals surface area contributed by atoms with Gasteiger partial charge in [0.25, 0.3) is 0 Å². The predicted molar refractivity (Wildman–Crippen MR) is 126 cm³/mol. The van der Waals surface area contributed by atoms with Gasteiger partial charge in [-0.25, -0.2) is 0 Å². The molecule has 32 heavy (non-hydrogen) atoms. The second-order valence-corrected chi connectivity index (χ2v) is 7.80. The van der Waals surface area contributed by atoms with Crippen molar-refractivity contribution in [2.75, 3.05) is 7.11 Å². The first kappa shape index (κ1) is 20.2. The molecule has 0 aliphatic heterocycles. The van der Waals surface area contributed by atoms with E-state index in [1.54, 1.807) is 37.6 Å². The minimum Gasteiger partial charge on any atom is -0.457 e. The third-order valence-corrected chi connectivity index (χ3v) is 5.56. The first-order valence-electron chi connectivity index (χ1n) is 10.1. The fourth-order valence-electron chi connectivity index (χ4n) is 3.89. The zero-order valence-corrected chi connectivity index (χ0v) is 18.0. The molecule has 2 heterocycles. The number of aromatic nitrogens is 2. The minimum atomic E-state index is -0.148. The molecule has 3 aromatic carbocycles. The molecule has 2 aromatic heterocycles. The fraction of sp³-hybridized carbons (Fsp3) is 0.0769. The highest BCUT2D eigenvalue weighted by Gasteiger charge is 2.22. The standard InChI is InChI=1S/C26H19ClN2O3/c1-31-15-19-23-21(14-28-25(19)26(30)16-6-3-2-4-7-16)29-20-8-5-9-22(24(20)23)32-18-12-10-17(27)11-13-18/h2-14,29H,15H2,1H3. The Bertz CT molecular complexity index is 1430. The third-order valence-electron chi connectivity index (χ3n) is 5.31. The maximum absolute atomic E-state index is 13.3. The molecule has 0 amide bonds. The van der Waals surface area contributed by atoms with Crippen LogP contribution in [0, 0.1) is 0 Å². The molecular weight excluding hydrogens is 424 g/mol. The molecule has 5 rings (SSSR count). The second kappa shape index (κ2) is 8.46. The van der Waals surface area contributed by atoms with Gasteiger partial charge in [0.15, 0.2) is 0 Å². The number of pyridine rings is 1. The summed E-state index contributed by atoms with van der Waals surface area (Å²) in [6, 6.07) is 22.1. The molecule has 0 saturated carbocycles. The van der Waals surface area contributed by atoms with Crippen LogP contribution < -0.4 is 4.74 Å².